The quantitative estimate of drug-likeness (QED) is 0.869. The number of ether oxygens (including phenoxy) is 1. The molecule has 1 N–H and O–H groups in total. The number of amides is 1. The summed E-state index contributed by atoms with van der Waals surface area (Å²) in [5.41, 5.74) is 1.23. The van der Waals surface area contributed by atoms with Gasteiger partial charge in [0.2, 0.25) is 5.91 Å². The summed E-state index contributed by atoms with van der Waals surface area (Å²) in [5.74, 6) is -2.10. The first-order valence-corrected chi connectivity index (χ1v) is 7.94. The molecule has 5 heteroatoms. The zero-order valence-corrected chi connectivity index (χ0v) is 13.1. The number of nitrogens with zero attached hydrogens (tertiary/aromatic N) is 1. The van der Waals surface area contributed by atoms with Crippen molar-refractivity contribution in [1.82, 2.24) is 0 Å². The molecule has 3 aliphatic rings. The van der Waals surface area contributed by atoms with Gasteiger partial charge in [0, 0.05) is 5.69 Å². The fraction of sp³-hybridized carbons (Fsp3) is 0.444. The van der Waals surface area contributed by atoms with Gasteiger partial charge >= 0.3 is 5.97 Å². The van der Waals surface area contributed by atoms with E-state index in [-0.39, 0.29) is 5.91 Å². The van der Waals surface area contributed by atoms with Crippen molar-refractivity contribution in [3.63, 3.8) is 0 Å². The van der Waals surface area contributed by atoms with E-state index in [2.05, 4.69) is 13.8 Å². The monoisotopic (exact) mass is 313 g/mol. The molecule has 4 atom stereocenters. The van der Waals surface area contributed by atoms with E-state index in [4.69, 9.17) is 4.74 Å². The fourth-order valence-electron chi connectivity index (χ4n) is 4.04. The second-order valence-corrected chi connectivity index (χ2v) is 6.91. The summed E-state index contributed by atoms with van der Waals surface area (Å²) in [6.45, 7) is 4.62. The van der Waals surface area contributed by atoms with Gasteiger partial charge in [0.25, 0.3) is 0 Å². The van der Waals surface area contributed by atoms with Gasteiger partial charge < -0.3 is 14.7 Å². The number of benzene rings is 1. The average Bonchev–Trinajstić information content (AvgIpc) is 3.15. The topological polar surface area (TPSA) is 66.8 Å². The Labute approximate surface area is 134 Å². The van der Waals surface area contributed by atoms with Crippen LogP contribution in [0.25, 0.3) is 0 Å². The van der Waals surface area contributed by atoms with Crippen LogP contribution in [0, 0.1) is 11.8 Å². The fourth-order valence-corrected chi connectivity index (χ4v) is 4.04. The summed E-state index contributed by atoms with van der Waals surface area (Å²) in [5, 5.41) is 9.47. The number of hydrogen-bond acceptors (Lipinski definition) is 3. The Balaban J connectivity index is 1.67. The second kappa shape index (κ2) is 4.68. The molecule has 1 aromatic carbocycles. The van der Waals surface area contributed by atoms with E-state index in [0.717, 1.165) is 5.69 Å². The first-order valence-electron chi connectivity index (χ1n) is 7.94. The lowest BCUT2D eigenvalue weighted by Gasteiger charge is -2.21. The van der Waals surface area contributed by atoms with E-state index in [9.17, 15) is 14.7 Å². The Bertz CT molecular complexity index is 708. The van der Waals surface area contributed by atoms with Crippen LogP contribution in [0.1, 0.15) is 25.3 Å². The summed E-state index contributed by atoms with van der Waals surface area (Å²) >= 11 is 0. The van der Waals surface area contributed by atoms with Crippen LogP contribution in [0.15, 0.2) is 36.4 Å². The normalized spacial score (nSPS) is 34.5. The highest BCUT2D eigenvalue weighted by Crippen LogP contribution is 2.52. The lowest BCUT2D eigenvalue weighted by atomic mass is 9.77. The van der Waals surface area contributed by atoms with Crippen molar-refractivity contribution in [2.24, 2.45) is 11.8 Å². The molecule has 1 aromatic rings. The van der Waals surface area contributed by atoms with Crippen LogP contribution >= 0.6 is 0 Å². The SMILES string of the molecule is CC(C)c1ccc(N2C[C@@]34C=C[C@H](O3)C(C(=O)O)C4C2=O)cc1. The third-order valence-corrected chi connectivity index (χ3v) is 5.26. The molecule has 5 nitrogen and oxygen atoms in total. The van der Waals surface area contributed by atoms with Crippen molar-refractivity contribution in [1.29, 1.82) is 0 Å². The zero-order valence-electron chi connectivity index (χ0n) is 13.1. The van der Waals surface area contributed by atoms with Gasteiger partial charge in [-0.05, 0) is 23.6 Å². The third kappa shape index (κ3) is 1.89. The number of rotatable bonds is 3. The van der Waals surface area contributed by atoms with Crippen molar-refractivity contribution >= 4 is 17.6 Å². The van der Waals surface area contributed by atoms with Gasteiger partial charge in [-0.2, -0.15) is 0 Å². The highest BCUT2D eigenvalue weighted by Gasteiger charge is 2.67. The van der Waals surface area contributed by atoms with Gasteiger partial charge in [-0.25, -0.2) is 0 Å². The molecule has 1 amide bonds. The first-order chi connectivity index (χ1) is 10.9. The molecule has 0 saturated carbocycles. The smallest absolute Gasteiger partial charge is 0.310 e. The minimum atomic E-state index is -0.961. The maximum atomic E-state index is 12.9. The van der Waals surface area contributed by atoms with E-state index >= 15 is 0 Å². The molecular weight excluding hydrogens is 294 g/mol. The Hall–Kier alpha value is -2.14. The summed E-state index contributed by atoms with van der Waals surface area (Å²) in [6, 6.07) is 7.89. The van der Waals surface area contributed by atoms with Gasteiger partial charge in [-0.3, -0.25) is 9.59 Å². The molecule has 2 bridgehead atoms. The minimum absolute atomic E-state index is 0.151. The van der Waals surface area contributed by atoms with Gasteiger partial charge in [-0.1, -0.05) is 38.1 Å². The summed E-state index contributed by atoms with van der Waals surface area (Å²) in [4.78, 5) is 26.1. The van der Waals surface area contributed by atoms with Crippen LogP contribution in [0.4, 0.5) is 5.69 Å². The third-order valence-electron chi connectivity index (χ3n) is 5.26. The van der Waals surface area contributed by atoms with Gasteiger partial charge in [0.15, 0.2) is 0 Å². The first kappa shape index (κ1) is 14.5. The molecule has 1 spiro atoms. The Kier molecular flexibility index (Phi) is 2.94. The maximum Gasteiger partial charge on any atom is 0.310 e. The van der Waals surface area contributed by atoms with E-state index in [1.165, 1.54) is 5.56 Å². The number of fused-ring (bicyclic) bond motifs is 1. The van der Waals surface area contributed by atoms with Crippen molar-refractivity contribution in [2.75, 3.05) is 11.4 Å². The largest absolute Gasteiger partial charge is 0.481 e. The molecule has 0 radical (unpaired) electrons. The van der Waals surface area contributed by atoms with Crippen molar-refractivity contribution in [3.8, 4) is 0 Å². The molecule has 23 heavy (non-hydrogen) atoms. The second-order valence-electron chi connectivity index (χ2n) is 6.91. The van der Waals surface area contributed by atoms with Gasteiger partial charge in [0.1, 0.15) is 11.5 Å². The lowest BCUT2D eigenvalue weighted by molar-refractivity contribution is -0.146. The molecule has 0 aromatic heterocycles. The van der Waals surface area contributed by atoms with E-state index < -0.39 is 29.5 Å². The molecule has 2 saturated heterocycles. The zero-order chi connectivity index (χ0) is 16.4. The molecule has 4 rings (SSSR count). The van der Waals surface area contributed by atoms with Crippen molar-refractivity contribution in [2.45, 2.75) is 31.5 Å². The van der Waals surface area contributed by atoms with Gasteiger partial charge in [0.05, 0.1) is 18.6 Å². The number of carboxylic acids is 1. The molecule has 3 aliphatic heterocycles. The highest BCUT2D eigenvalue weighted by molar-refractivity contribution is 6.02. The molecule has 0 aliphatic carbocycles. The summed E-state index contributed by atoms with van der Waals surface area (Å²) < 4.78 is 5.89. The Morgan fingerprint density at radius 1 is 1.35 bits per heavy atom. The van der Waals surface area contributed by atoms with Crippen LogP contribution in [0.2, 0.25) is 0 Å². The molecule has 3 heterocycles. The number of carbonyl (C=O) groups is 2. The number of hydrogen-bond donors (Lipinski definition) is 1. The predicted octanol–water partition coefficient (Wildman–Crippen LogP) is 2.18. The Morgan fingerprint density at radius 3 is 2.65 bits per heavy atom. The molecule has 2 fully saturated rings. The minimum Gasteiger partial charge on any atom is -0.481 e. The van der Waals surface area contributed by atoms with Crippen LogP contribution in [-0.2, 0) is 14.3 Å². The molecular formula is C18H19NO4. The molecule has 120 valence electrons. The standard InChI is InChI=1S/C18H19NO4/c1-10(2)11-3-5-12(6-4-11)19-9-18-8-7-13(23-18)14(17(21)22)15(18)16(19)20/h3-8,10,13-15H,9H2,1-2H3,(H,21,22)/t13-,14?,15?,18+/m0/s1. The van der Waals surface area contributed by atoms with Crippen LogP contribution < -0.4 is 4.90 Å². The Morgan fingerprint density at radius 2 is 2.04 bits per heavy atom. The number of aliphatic carboxylic acids is 1. The van der Waals surface area contributed by atoms with Crippen LogP contribution in [0.3, 0.4) is 0 Å². The summed E-state index contributed by atoms with van der Waals surface area (Å²) in [6.07, 6.45) is 3.18. The molecule has 2 unspecified atom stereocenters. The van der Waals surface area contributed by atoms with E-state index in [0.29, 0.717) is 12.5 Å². The lowest BCUT2D eigenvalue weighted by Crippen LogP contribution is -2.39. The van der Waals surface area contributed by atoms with E-state index in [1.807, 2.05) is 30.3 Å². The summed E-state index contributed by atoms with van der Waals surface area (Å²) in [7, 11) is 0. The number of carboxylic acid groups (broad SMARTS) is 1. The van der Waals surface area contributed by atoms with Crippen molar-refractivity contribution < 1.29 is 19.4 Å². The van der Waals surface area contributed by atoms with Crippen LogP contribution in [-0.4, -0.2) is 35.2 Å². The van der Waals surface area contributed by atoms with Crippen LogP contribution in [0.5, 0.6) is 0 Å². The number of anilines is 1. The average molecular weight is 313 g/mol. The maximum absolute atomic E-state index is 12.9. The van der Waals surface area contributed by atoms with Gasteiger partial charge in [-0.15, -0.1) is 0 Å². The predicted molar refractivity (Wildman–Crippen MR) is 84.2 cm³/mol. The van der Waals surface area contributed by atoms with Crippen molar-refractivity contribution in [3.05, 3.63) is 42.0 Å². The highest BCUT2D eigenvalue weighted by atomic mass is 16.5. The van der Waals surface area contributed by atoms with E-state index in [1.54, 1.807) is 11.0 Å². The number of carbonyl (C=O) groups excluding carboxylic acids is 1.